The quantitative estimate of drug-likeness (QED) is 0.865. The number of rotatable bonds is 6. The van der Waals surface area contributed by atoms with Crippen LogP contribution in [-0.2, 0) is 0 Å². The largest absolute Gasteiger partial charge is 0.492 e. The van der Waals surface area contributed by atoms with Crippen molar-refractivity contribution in [2.24, 2.45) is 5.92 Å². The Morgan fingerprint density at radius 2 is 1.70 bits per heavy atom. The monoisotopic (exact) mass is 267 g/mol. The van der Waals surface area contributed by atoms with Crippen molar-refractivity contribution in [2.75, 3.05) is 13.7 Å². The molecular formula is C18H21NO. The summed E-state index contributed by atoms with van der Waals surface area (Å²) in [5.74, 6) is 2.32. The van der Waals surface area contributed by atoms with E-state index in [0.717, 1.165) is 12.4 Å². The van der Waals surface area contributed by atoms with Crippen LogP contribution in [0.2, 0.25) is 0 Å². The fourth-order valence-electron chi connectivity index (χ4n) is 2.87. The molecule has 0 saturated heterocycles. The highest BCUT2D eigenvalue weighted by Crippen LogP contribution is 2.49. The van der Waals surface area contributed by atoms with Crippen molar-refractivity contribution in [3.05, 3.63) is 66.2 Å². The summed E-state index contributed by atoms with van der Waals surface area (Å²) in [5, 5.41) is 3.41. The molecule has 1 fully saturated rings. The third-order valence-electron chi connectivity index (χ3n) is 4.13. The van der Waals surface area contributed by atoms with E-state index >= 15 is 0 Å². The molecule has 2 aromatic rings. The maximum atomic E-state index is 5.88. The Labute approximate surface area is 120 Å². The van der Waals surface area contributed by atoms with Crippen molar-refractivity contribution >= 4 is 0 Å². The van der Waals surface area contributed by atoms with Crippen LogP contribution in [0.4, 0.5) is 0 Å². The number of likely N-dealkylation sites (N-methyl/N-ethyl adjacent to an activating group) is 1. The molecule has 2 nitrogen and oxygen atoms in total. The zero-order chi connectivity index (χ0) is 13.8. The predicted octanol–water partition coefficient (Wildman–Crippen LogP) is 3.46. The number of nitrogens with one attached hydrogen (secondary N) is 1. The molecule has 0 amide bonds. The van der Waals surface area contributed by atoms with E-state index in [2.05, 4.69) is 35.6 Å². The molecule has 0 aromatic heterocycles. The highest BCUT2D eigenvalue weighted by atomic mass is 16.5. The molecule has 1 saturated carbocycles. The number of hydrogen-bond donors (Lipinski definition) is 1. The van der Waals surface area contributed by atoms with E-state index in [9.17, 15) is 0 Å². The average molecular weight is 267 g/mol. The molecule has 0 radical (unpaired) electrons. The fraction of sp³-hybridized carbons (Fsp3) is 0.333. The van der Waals surface area contributed by atoms with Gasteiger partial charge < -0.3 is 10.1 Å². The Balaban J connectivity index is 1.56. The summed E-state index contributed by atoms with van der Waals surface area (Å²) in [6, 6.07) is 21.2. The molecule has 1 N–H and O–H groups in total. The van der Waals surface area contributed by atoms with Crippen LogP contribution in [0.3, 0.4) is 0 Å². The summed E-state index contributed by atoms with van der Waals surface area (Å²) in [6.07, 6.45) is 1.26. The summed E-state index contributed by atoms with van der Waals surface area (Å²) in [6.45, 7) is 0.731. The maximum absolute atomic E-state index is 5.88. The van der Waals surface area contributed by atoms with Gasteiger partial charge in [-0.2, -0.15) is 0 Å². The Bertz CT molecular complexity index is 526. The highest BCUT2D eigenvalue weighted by molar-refractivity contribution is 5.27. The zero-order valence-corrected chi connectivity index (χ0v) is 11.8. The van der Waals surface area contributed by atoms with E-state index in [4.69, 9.17) is 4.74 Å². The predicted molar refractivity (Wildman–Crippen MR) is 82.1 cm³/mol. The van der Waals surface area contributed by atoms with E-state index in [1.54, 1.807) is 0 Å². The first-order chi connectivity index (χ1) is 9.88. The molecule has 3 rings (SSSR count). The van der Waals surface area contributed by atoms with Crippen molar-refractivity contribution in [1.82, 2.24) is 5.32 Å². The summed E-state index contributed by atoms with van der Waals surface area (Å²) in [5.41, 5.74) is 1.46. The first-order valence-electron chi connectivity index (χ1n) is 7.28. The Kier molecular flexibility index (Phi) is 4.03. The second kappa shape index (κ2) is 6.10. The average Bonchev–Trinajstić information content (AvgIpc) is 3.30. The minimum Gasteiger partial charge on any atom is -0.492 e. The summed E-state index contributed by atoms with van der Waals surface area (Å²) in [4.78, 5) is 0. The van der Waals surface area contributed by atoms with Gasteiger partial charge in [0.15, 0.2) is 0 Å². The number of hydrogen-bond acceptors (Lipinski definition) is 2. The minimum atomic E-state index is 0.417. The van der Waals surface area contributed by atoms with Crippen LogP contribution >= 0.6 is 0 Å². The molecule has 2 aromatic carbocycles. The van der Waals surface area contributed by atoms with Crippen molar-refractivity contribution in [3.63, 3.8) is 0 Å². The zero-order valence-electron chi connectivity index (χ0n) is 11.8. The van der Waals surface area contributed by atoms with Gasteiger partial charge in [0.2, 0.25) is 0 Å². The minimum absolute atomic E-state index is 0.417. The van der Waals surface area contributed by atoms with Crippen LogP contribution in [-0.4, -0.2) is 19.7 Å². The van der Waals surface area contributed by atoms with Crippen LogP contribution in [0.5, 0.6) is 5.75 Å². The van der Waals surface area contributed by atoms with Gasteiger partial charge in [0, 0.05) is 6.04 Å². The number of benzene rings is 2. The van der Waals surface area contributed by atoms with E-state index < -0.39 is 0 Å². The molecule has 0 aliphatic heterocycles. The first kappa shape index (κ1) is 13.2. The number of para-hydroxylation sites is 1. The highest BCUT2D eigenvalue weighted by Gasteiger charge is 2.43. The van der Waals surface area contributed by atoms with Crippen molar-refractivity contribution < 1.29 is 4.74 Å². The third kappa shape index (κ3) is 3.02. The second-order valence-electron chi connectivity index (χ2n) is 5.44. The van der Waals surface area contributed by atoms with E-state index in [-0.39, 0.29) is 0 Å². The summed E-state index contributed by atoms with van der Waals surface area (Å²) in [7, 11) is 2.03. The van der Waals surface area contributed by atoms with Crippen LogP contribution in [0.1, 0.15) is 17.9 Å². The molecule has 0 heterocycles. The smallest absolute Gasteiger partial charge is 0.119 e. The molecule has 3 atom stereocenters. The normalized spacial score (nSPS) is 22.2. The lowest BCUT2D eigenvalue weighted by molar-refractivity contribution is 0.254. The molecule has 20 heavy (non-hydrogen) atoms. The van der Waals surface area contributed by atoms with E-state index in [1.807, 2.05) is 37.4 Å². The first-order valence-corrected chi connectivity index (χ1v) is 7.28. The van der Waals surface area contributed by atoms with Gasteiger partial charge >= 0.3 is 0 Å². The summed E-state index contributed by atoms with van der Waals surface area (Å²) >= 11 is 0. The van der Waals surface area contributed by atoms with Crippen molar-refractivity contribution in [1.29, 1.82) is 0 Å². The molecule has 0 spiro atoms. The van der Waals surface area contributed by atoms with Gasteiger partial charge in [-0.05, 0) is 43.0 Å². The van der Waals surface area contributed by atoms with Gasteiger partial charge in [0.1, 0.15) is 12.4 Å². The van der Waals surface area contributed by atoms with Gasteiger partial charge in [-0.1, -0.05) is 48.5 Å². The van der Waals surface area contributed by atoms with Crippen molar-refractivity contribution in [3.8, 4) is 5.75 Å². The Morgan fingerprint density at radius 1 is 1.05 bits per heavy atom. The molecular weight excluding hydrogens is 246 g/mol. The number of ether oxygens (including phenoxy) is 1. The standard InChI is InChI=1S/C18H21NO/c1-19-18(13-20-15-10-6-3-7-11-15)17-12-16(17)14-8-4-2-5-9-14/h2-11,16-19H,12-13H2,1H3. The fourth-order valence-corrected chi connectivity index (χ4v) is 2.87. The van der Waals surface area contributed by atoms with Gasteiger partial charge in [-0.25, -0.2) is 0 Å². The van der Waals surface area contributed by atoms with E-state index in [0.29, 0.717) is 17.9 Å². The summed E-state index contributed by atoms with van der Waals surface area (Å²) < 4.78 is 5.88. The molecule has 1 aliphatic rings. The lowest BCUT2D eigenvalue weighted by Gasteiger charge is -2.17. The molecule has 2 heteroatoms. The van der Waals surface area contributed by atoms with E-state index in [1.165, 1.54) is 12.0 Å². The Hall–Kier alpha value is -1.80. The molecule has 1 aliphatic carbocycles. The van der Waals surface area contributed by atoms with Gasteiger partial charge in [0.25, 0.3) is 0 Å². The van der Waals surface area contributed by atoms with Gasteiger partial charge in [-0.15, -0.1) is 0 Å². The van der Waals surface area contributed by atoms with Crippen LogP contribution in [0.15, 0.2) is 60.7 Å². The van der Waals surface area contributed by atoms with Crippen LogP contribution < -0.4 is 10.1 Å². The Morgan fingerprint density at radius 3 is 2.35 bits per heavy atom. The van der Waals surface area contributed by atoms with Crippen molar-refractivity contribution in [2.45, 2.75) is 18.4 Å². The topological polar surface area (TPSA) is 21.3 Å². The SMILES string of the molecule is CNC(COc1ccccc1)C1CC1c1ccccc1. The third-order valence-corrected chi connectivity index (χ3v) is 4.13. The molecule has 104 valence electrons. The van der Waals surface area contributed by atoms with Crippen LogP contribution in [0, 0.1) is 5.92 Å². The van der Waals surface area contributed by atoms with Gasteiger partial charge in [-0.3, -0.25) is 0 Å². The lowest BCUT2D eigenvalue weighted by atomic mass is 10.1. The second-order valence-corrected chi connectivity index (χ2v) is 5.44. The molecule has 0 bridgehead atoms. The van der Waals surface area contributed by atoms with Gasteiger partial charge in [0.05, 0.1) is 0 Å². The lowest BCUT2D eigenvalue weighted by Crippen LogP contribution is -2.34. The molecule has 3 unspecified atom stereocenters. The van der Waals surface area contributed by atoms with Crippen LogP contribution in [0.25, 0.3) is 0 Å². The maximum Gasteiger partial charge on any atom is 0.119 e.